The van der Waals surface area contributed by atoms with Gasteiger partial charge in [-0.2, -0.15) is 0 Å². The van der Waals surface area contributed by atoms with Crippen molar-refractivity contribution in [1.82, 2.24) is 10.6 Å². The molecule has 0 aliphatic rings. The molecule has 5 nitrogen and oxygen atoms in total. The molecule has 0 radical (unpaired) electrons. The molecule has 6 N–H and O–H groups in total. The summed E-state index contributed by atoms with van der Waals surface area (Å²) in [6, 6.07) is 19.5. The maximum atomic E-state index is 9.73. The van der Waals surface area contributed by atoms with Crippen LogP contribution in [0.2, 0.25) is 0 Å². The minimum absolute atomic E-state index is 0. The molecule has 0 bridgehead atoms. The molecule has 0 aliphatic heterocycles. The second kappa shape index (κ2) is 12.6. The Morgan fingerprint density at radius 3 is 1.16 bits per heavy atom. The Hall–Kier alpha value is -1.76. The summed E-state index contributed by atoms with van der Waals surface area (Å²) in [5.74, 6) is 0. The second-order valence-corrected chi connectivity index (χ2v) is 5.87. The Morgan fingerprint density at radius 2 is 0.920 bits per heavy atom. The van der Waals surface area contributed by atoms with Gasteiger partial charge < -0.3 is 26.3 Å². The van der Waals surface area contributed by atoms with E-state index in [2.05, 4.69) is 10.6 Å². The van der Waals surface area contributed by atoms with Crippen LogP contribution in [0.25, 0.3) is 0 Å². The summed E-state index contributed by atoms with van der Waals surface area (Å²) in [5.41, 5.74) is 1.92. The molecule has 0 aliphatic carbocycles. The second-order valence-electron chi connectivity index (χ2n) is 5.87. The van der Waals surface area contributed by atoms with E-state index in [0.29, 0.717) is 0 Å². The predicted octanol–water partition coefficient (Wildman–Crippen LogP) is 1.83. The molecule has 0 spiro atoms. The molecule has 4 atom stereocenters. The molecule has 140 valence electrons. The van der Waals surface area contributed by atoms with Crippen LogP contribution in [0.15, 0.2) is 60.7 Å². The lowest BCUT2D eigenvalue weighted by atomic mass is 10.0. The molecule has 5 heteroatoms. The van der Waals surface area contributed by atoms with Crippen molar-refractivity contribution in [3.8, 4) is 0 Å². The Balaban J connectivity index is 0.000000443. The number of hydrogen-bond donors (Lipinski definition) is 4. The monoisotopic (exact) mass is 348 g/mol. The van der Waals surface area contributed by atoms with Crippen LogP contribution in [0, 0.1) is 0 Å². The number of nitrogens with one attached hydrogen (secondary N) is 2. The van der Waals surface area contributed by atoms with Crippen LogP contribution in [0.3, 0.4) is 0 Å². The van der Waals surface area contributed by atoms with Gasteiger partial charge in [0, 0.05) is 12.1 Å². The fraction of sp³-hybridized carbons (Fsp3) is 0.400. The summed E-state index contributed by atoms with van der Waals surface area (Å²) in [6.45, 7) is 3.91. The van der Waals surface area contributed by atoms with Crippen molar-refractivity contribution < 1.29 is 15.7 Å². The van der Waals surface area contributed by atoms with E-state index < -0.39 is 12.2 Å². The lowest BCUT2D eigenvalue weighted by Gasteiger charge is -2.17. The first-order valence-electron chi connectivity index (χ1n) is 8.31. The van der Waals surface area contributed by atoms with Crippen LogP contribution in [0.1, 0.15) is 37.2 Å². The zero-order chi connectivity index (χ0) is 17.9. The zero-order valence-electron chi connectivity index (χ0n) is 15.5. The standard InChI is InChI=1S/2C10H15NO.H2O/c2*1-8(11-2)10(12)9-6-4-3-5-7-9;/h2*3-8,10-12H,1-2H3;1H2/t2*8-,10-;/m11./s1. The molecule has 2 rings (SSSR count). The lowest BCUT2D eigenvalue weighted by Crippen LogP contribution is -2.28. The van der Waals surface area contributed by atoms with Gasteiger partial charge in [-0.1, -0.05) is 60.7 Å². The molecule has 0 heterocycles. The van der Waals surface area contributed by atoms with E-state index in [1.165, 1.54) is 0 Å². The fourth-order valence-electron chi connectivity index (χ4n) is 2.19. The molecular weight excluding hydrogens is 316 g/mol. The molecule has 0 fully saturated rings. The average molecular weight is 348 g/mol. The summed E-state index contributed by atoms with van der Waals surface area (Å²) >= 11 is 0. The average Bonchev–Trinajstić information content (AvgIpc) is 2.67. The SMILES string of the molecule is CN[C@H](C)[C@@H](O)c1ccccc1.CN[C@H](C)[C@@H](O)c1ccccc1.O. The molecule has 0 aromatic heterocycles. The van der Waals surface area contributed by atoms with Gasteiger partial charge in [0.05, 0.1) is 12.2 Å². The normalized spacial score (nSPS) is 15.0. The first-order valence-corrected chi connectivity index (χ1v) is 8.31. The number of rotatable bonds is 6. The van der Waals surface area contributed by atoms with E-state index in [0.717, 1.165) is 11.1 Å². The van der Waals surface area contributed by atoms with Crippen LogP contribution < -0.4 is 10.6 Å². The summed E-state index contributed by atoms with van der Waals surface area (Å²) in [7, 11) is 3.69. The van der Waals surface area contributed by atoms with Crippen molar-refractivity contribution in [3.63, 3.8) is 0 Å². The van der Waals surface area contributed by atoms with E-state index in [4.69, 9.17) is 0 Å². The zero-order valence-corrected chi connectivity index (χ0v) is 15.5. The van der Waals surface area contributed by atoms with Crippen LogP contribution >= 0.6 is 0 Å². The van der Waals surface area contributed by atoms with E-state index in [9.17, 15) is 10.2 Å². The first-order chi connectivity index (χ1) is 11.5. The Bertz CT molecular complexity index is 500. The number of benzene rings is 2. The number of likely N-dealkylation sites (N-methyl/N-ethyl adjacent to an activating group) is 2. The summed E-state index contributed by atoms with van der Waals surface area (Å²) in [4.78, 5) is 0. The van der Waals surface area contributed by atoms with E-state index in [1.54, 1.807) is 0 Å². The van der Waals surface area contributed by atoms with E-state index in [1.807, 2.05) is 88.6 Å². The van der Waals surface area contributed by atoms with Crippen molar-refractivity contribution in [2.45, 2.75) is 38.1 Å². The first kappa shape index (κ1) is 23.2. The topological polar surface area (TPSA) is 96.0 Å². The van der Waals surface area contributed by atoms with E-state index >= 15 is 0 Å². The van der Waals surface area contributed by atoms with Crippen LogP contribution in [-0.2, 0) is 0 Å². The Morgan fingerprint density at radius 1 is 0.640 bits per heavy atom. The molecule has 2 aromatic rings. The van der Waals surface area contributed by atoms with Gasteiger partial charge in [0.2, 0.25) is 0 Å². The van der Waals surface area contributed by atoms with Crippen molar-refractivity contribution in [2.24, 2.45) is 0 Å². The van der Waals surface area contributed by atoms with Crippen molar-refractivity contribution in [2.75, 3.05) is 14.1 Å². The van der Waals surface area contributed by atoms with Gasteiger partial charge in [-0.05, 0) is 39.1 Å². The minimum atomic E-state index is -0.420. The molecule has 0 amide bonds. The predicted molar refractivity (Wildman–Crippen MR) is 103 cm³/mol. The lowest BCUT2D eigenvalue weighted by molar-refractivity contribution is 0.140. The third-order valence-corrected chi connectivity index (χ3v) is 4.14. The van der Waals surface area contributed by atoms with Gasteiger partial charge in [-0.15, -0.1) is 0 Å². The Kier molecular flexibility index (Phi) is 11.7. The molecule has 0 unspecified atom stereocenters. The maximum Gasteiger partial charge on any atom is 0.0940 e. The van der Waals surface area contributed by atoms with Gasteiger partial charge in [-0.3, -0.25) is 0 Å². The smallest absolute Gasteiger partial charge is 0.0940 e. The highest BCUT2D eigenvalue weighted by atomic mass is 16.3. The highest BCUT2D eigenvalue weighted by Gasteiger charge is 2.13. The van der Waals surface area contributed by atoms with Gasteiger partial charge >= 0.3 is 0 Å². The fourth-order valence-corrected chi connectivity index (χ4v) is 2.19. The van der Waals surface area contributed by atoms with Gasteiger partial charge in [-0.25, -0.2) is 0 Å². The summed E-state index contributed by atoms with van der Waals surface area (Å²) in [6.07, 6.45) is -0.840. The van der Waals surface area contributed by atoms with Crippen molar-refractivity contribution in [1.29, 1.82) is 0 Å². The molecule has 25 heavy (non-hydrogen) atoms. The molecule has 0 saturated heterocycles. The quantitative estimate of drug-likeness (QED) is 0.640. The van der Waals surface area contributed by atoms with E-state index in [-0.39, 0.29) is 17.6 Å². The van der Waals surface area contributed by atoms with Gasteiger partial charge in [0.1, 0.15) is 0 Å². The number of hydrogen-bond acceptors (Lipinski definition) is 4. The third-order valence-electron chi connectivity index (χ3n) is 4.14. The number of aliphatic hydroxyl groups is 2. The number of aliphatic hydroxyl groups excluding tert-OH is 2. The van der Waals surface area contributed by atoms with Crippen LogP contribution in [-0.4, -0.2) is 41.9 Å². The maximum absolute atomic E-state index is 9.73. The summed E-state index contributed by atoms with van der Waals surface area (Å²) in [5, 5.41) is 25.5. The largest absolute Gasteiger partial charge is 0.412 e. The van der Waals surface area contributed by atoms with Gasteiger partial charge in [0.25, 0.3) is 0 Å². The summed E-state index contributed by atoms with van der Waals surface area (Å²) < 4.78 is 0. The minimum Gasteiger partial charge on any atom is -0.412 e. The highest BCUT2D eigenvalue weighted by Crippen LogP contribution is 2.16. The van der Waals surface area contributed by atoms with Crippen LogP contribution in [0.4, 0.5) is 0 Å². The molecule has 0 saturated carbocycles. The van der Waals surface area contributed by atoms with Crippen LogP contribution in [0.5, 0.6) is 0 Å². The highest BCUT2D eigenvalue weighted by molar-refractivity contribution is 5.19. The molecular formula is C20H32N2O3. The van der Waals surface area contributed by atoms with Gasteiger partial charge in [0.15, 0.2) is 0 Å². The molecule has 2 aromatic carbocycles. The van der Waals surface area contributed by atoms with Crippen molar-refractivity contribution in [3.05, 3.63) is 71.8 Å². The Labute approximate surface area is 151 Å². The third kappa shape index (κ3) is 7.77. The van der Waals surface area contributed by atoms with Crippen molar-refractivity contribution >= 4 is 0 Å².